The summed E-state index contributed by atoms with van der Waals surface area (Å²) in [5, 5.41) is 4.73. The standard InChI is InChI=1S/C19H17N3O3S2/c1-12-19(13(2)25-21-12)27(23,24)22-15-9-7-14(8-10-15)11-18-20-16-5-3-4-6-17(16)26-18/h3-10,22H,11H2,1-2H3. The van der Waals surface area contributed by atoms with Gasteiger partial charge in [-0.3, -0.25) is 4.72 Å². The average molecular weight is 399 g/mol. The maximum Gasteiger partial charge on any atom is 0.267 e. The van der Waals surface area contributed by atoms with Gasteiger partial charge in [0, 0.05) is 12.1 Å². The van der Waals surface area contributed by atoms with E-state index in [1.165, 1.54) is 0 Å². The fraction of sp³-hybridized carbons (Fsp3) is 0.158. The lowest BCUT2D eigenvalue weighted by Crippen LogP contribution is -2.14. The van der Waals surface area contributed by atoms with E-state index in [0.717, 1.165) is 20.8 Å². The van der Waals surface area contributed by atoms with Gasteiger partial charge in [-0.05, 0) is 43.7 Å². The van der Waals surface area contributed by atoms with E-state index >= 15 is 0 Å². The molecule has 0 aliphatic heterocycles. The van der Waals surface area contributed by atoms with Gasteiger partial charge in [0.2, 0.25) is 0 Å². The highest BCUT2D eigenvalue weighted by Crippen LogP contribution is 2.25. The van der Waals surface area contributed by atoms with Crippen LogP contribution < -0.4 is 4.72 Å². The van der Waals surface area contributed by atoms with Crippen molar-refractivity contribution in [2.24, 2.45) is 0 Å². The Labute approximate surface area is 160 Å². The number of hydrogen-bond donors (Lipinski definition) is 1. The van der Waals surface area contributed by atoms with Crippen LogP contribution in [0, 0.1) is 13.8 Å². The molecule has 0 aliphatic carbocycles. The van der Waals surface area contributed by atoms with Crippen LogP contribution >= 0.6 is 11.3 Å². The highest BCUT2D eigenvalue weighted by atomic mass is 32.2. The van der Waals surface area contributed by atoms with Crippen molar-refractivity contribution in [2.75, 3.05) is 4.72 Å². The van der Waals surface area contributed by atoms with Gasteiger partial charge in [-0.2, -0.15) is 0 Å². The van der Waals surface area contributed by atoms with Gasteiger partial charge in [0.05, 0.1) is 15.2 Å². The minimum Gasteiger partial charge on any atom is -0.360 e. The summed E-state index contributed by atoms with van der Waals surface area (Å²) in [5.74, 6) is 0.271. The summed E-state index contributed by atoms with van der Waals surface area (Å²) < 4.78 is 33.8. The Hall–Kier alpha value is -2.71. The lowest BCUT2D eigenvalue weighted by molar-refractivity contribution is 0.390. The minimum atomic E-state index is -3.74. The minimum absolute atomic E-state index is 0.0843. The molecule has 4 rings (SSSR count). The van der Waals surface area contributed by atoms with Crippen molar-refractivity contribution >= 4 is 37.3 Å². The zero-order chi connectivity index (χ0) is 19.0. The molecule has 0 fully saturated rings. The molecule has 2 aromatic carbocycles. The monoisotopic (exact) mass is 399 g/mol. The predicted molar refractivity (Wildman–Crippen MR) is 106 cm³/mol. The lowest BCUT2D eigenvalue weighted by Gasteiger charge is -2.08. The molecule has 2 aromatic heterocycles. The molecular formula is C19H17N3O3S2. The van der Waals surface area contributed by atoms with Crippen LogP contribution in [0.3, 0.4) is 0 Å². The Morgan fingerprint density at radius 3 is 2.48 bits per heavy atom. The molecule has 4 aromatic rings. The molecule has 0 amide bonds. The van der Waals surface area contributed by atoms with Crippen LogP contribution in [-0.4, -0.2) is 18.6 Å². The first kappa shape index (κ1) is 17.7. The van der Waals surface area contributed by atoms with Gasteiger partial charge in [-0.15, -0.1) is 11.3 Å². The third kappa shape index (κ3) is 3.58. The van der Waals surface area contributed by atoms with E-state index in [9.17, 15) is 8.42 Å². The van der Waals surface area contributed by atoms with Gasteiger partial charge in [0.25, 0.3) is 10.0 Å². The second kappa shape index (κ2) is 6.79. The van der Waals surface area contributed by atoms with E-state index < -0.39 is 10.0 Å². The number of benzene rings is 2. The van der Waals surface area contributed by atoms with Gasteiger partial charge in [0.1, 0.15) is 5.69 Å². The fourth-order valence-corrected chi connectivity index (χ4v) is 5.32. The molecule has 2 heterocycles. The molecule has 8 heteroatoms. The number of sulfonamides is 1. The highest BCUT2D eigenvalue weighted by Gasteiger charge is 2.24. The maximum atomic E-state index is 12.6. The summed E-state index contributed by atoms with van der Waals surface area (Å²) in [7, 11) is -3.74. The molecule has 0 radical (unpaired) electrons. The van der Waals surface area contributed by atoms with E-state index in [0.29, 0.717) is 17.8 Å². The van der Waals surface area contributed by atoms with Crippen LogP contribution in [-0.2, 0) is 16.4 Å². The first-order valence-electron chi connectivity index (χ1n) is 8.31. The Morgan fingerprint density at radius 2 is 1.81 bits per heavy atom. The smallest absolute Gasteiger partial charge is 0.267 e. The normalized spacial score (nSPS) is 11.8. The van der Waals surface area contributed by atoms with Crippen LogP contribution in [0.4, 0.5) is 5.69 Å². The average Bonchev–Trinajstić information content (AvgIpc) is 3.19. The number of nitrogens with zero attached hydrogens (tertiary/aromatic N) is 2. The van der Waals surface area contributed by atoms with Gasteiger partial charge >= 0.3 is 0 Å². The summed E-state index contributed by atoms with van der Waals surface area (Å²) in [6.45, 7) is 3.18. The number of para-hydroxylation sites is 1. The number of aryl methyl sites for hydroxylation is 2. The maximum absolute atomic E-state index is 12.6. The van der Waals surface area contributed by atoms with E-state index in [1.807, 2.05) is 30.3 Å². The number of hydrogen-bond acceptors (Lipinski definition) is 6. The molecule has 1 N–H and O–H groups in total. The number of anilines is 1. The van der Waals surface area contributed by atoms with Gasteiger partial charge in [-0.1, -0.05) is 29.4 Å². The van der Waals surface area contributed by atoms with E-state index in [1.54, 1.807) is 37.3 Å². The van der Waals surface area contributed by atoms with Gasteiger partial charge < -0.3 is 4.52 Å². The number of fused-ring (bicyclic) bond motifs is 1. The first-order chi connectivity index (χ1) is 12.9. The number of nitrogens with one attached hydrogen (secondary N) is 1. The summed E-state index contributed by atoms with van der Waals surface area (Å²) in [6.07, 6.45) is 0.705. The van der Waals surface area contributed by atoms with E-state index in [2.05, 4.69) is 20.9 Å². The molecule has 0 unspecified atom stereocenters. The molecule has 0 atom stereocenters. The quantitative estimate of drug-likeness (QED) is 0.541. The fourth-order valence-electron chi connectivity index (χ4n) is 2.93. The van der Waals surface area contributed by atoms with Crippen LogP contribution in [0.5, 0.6) is 0 Å². The number of thiazole rings is 1. The molecule has 0 saturated heterocycles. The van der Waals surface area contributed by atoms with Gasteiger partial charge in [0.15, 0.2) is 10.7 Å². The van der Waals surface area contributed by atoms with Crippen LogP contribution in [0.25, 0.3) is 10.2 Å². The lowest BCUT2D eigenvalue weighted by atomic mass is 10.1. The third-order valence-corrected chi connectivity index (χ3v) is 6.80. The third-order valence-electron chi connectivity index (χ3n) is 4.14. The van der Waals surface area contributed by atoms with E-state index in [-0.39, 0.29) is 10.7 Å². The zero-order valence-corrected chi connectivity index (χ0v) is 16.4. The Morgan fingerprint density at radius 1 is 1.07 bits per heavy atom. The molecule has 0 saturated carbocycles. The highest BCUT2D eigenvalue weighted by molar-refractivity contribution is 7.92. The number of aromatic nitrogens is 2. The van der Waals surface area contributed by atoms with Crippen molar-refractivity contribution < 1.29 is 12.9 Å². The molecule has 0 bridgehead atoms. The molecule has 27 heavy (non-hydrogen) atoms. The first-order valence-corrected chi connectivity index (χ1v) is 10.6. The van der Waals surface area contributed by atoms with Crippen LogP contribution in [0.15, 0.2) is 57.9 Å². The zero-order valence-electron chi connectivity index (χ0n) is 14.8. The van der Waals surface area contributed by atoms with Crippen LogP contribution in [0.1, 0.15) is 22.0 Å². The molecule has 6 nitrogen and oxygen atoms in total. The van der Waals surface area contributed by atoms with Crippen molar-refractivity contribution in [1.82, 2.24) is 10.1 Å². The Bertz CT molecular complexity index is 1160. The summed E-state index contributed by atoms with van der Waals surface area (Å²) in [6, 6.07) is 15.3. The number of rotatable bonds is 5. The Kier molecular flexibility index (Phi) is 4.45. The predicted octanol–water partition coefficient (Wildman–Crippen LogP) is 4.29. The molecular weight excluding hydrogens is 382 g/mol. The Balaban J connectivity index is 1.52. The summed E-state index contributed by atoms with van der Waals surface area (Å²) >= 11 is 1.67. The van der Waals surface area contributed by atoms with E-state index in [4.69, 9.17) is 4.52 Å². The molecule has 0 aliphatic rings. The molecule has 138 valence electrons. The summed E-state index contributed by atoms with van der Waals surface area (Å²) in [5.41, 5.74) is 2.89. The SMILES string of the molecule is Cc1noc(C)c1S(=O)(=O)Nc1ccc(Cc2nc3ccccc3s2)cc1. The summed E-state index contributed by atoms with van der Waals surface area (Å²) in [4.78, 5) is 4.72. The van der Waals surface area contributed by atoms with Gasteiger partial charge in [-0.25, -0.2) is 13.4 Å². The van der Waals surface area contributed by atoms with Crippen molar-refractivity contribution in [3.8, 4) is 0 Å². The topological polar surface area (TPSA) is 85.1 Å². The van der Waals surface area contributed by atoms with Crippen molar-refractivity contribution in [2.45, 2.75) is 25.2 Å². The largest absolute Gasteiger partial charge is 0.360 e. The second-order valence-electron chi connectivity index (χ2n) is 6.21. The second-order valence-corrected chi connectivity index (χ2v) is 8.94. The molecule has 0 spiro atoms. The van der Waals surface area contributed by atoms with Crippen LogP contribution in [0.2, 0.25) is 0 Å². The van der Waals surface area contributed by atoms with Crippen molar-refractivity contribution in [3.63, 3.8) is 0 Å². The van der Waals surface area contributed by atoms with Crippen molar-refractivity contribution in [1.29, 1.82) is 0 Å². The van der Waals surface area contributed by atoms with Crippen molar-refractivity contribution in [3.05, 3.63) is 70.6 Å².